The summed E-state index contributed by atoms with van der Waals surface area (Å²) >= 11 is 0. The van der Waals surface area contributed by atoms with Gasteiger partial charge in [-0.15, -0.1) is 0 Å². The fraction of sp³-hybridized carbons (Fsp3) is 0.278. The Bertz CT molecular complexity index is 743. The molecular weight excluding hydrogens is 304 g/mol. The number of carbonyl (C=O) groups excluding carboxylic acids is 2. The van der Waals surface area contributed by atoms with Gasteiger partial charge in [0.15, 0.2) is 0 Å². The molecule has 0 atom stereocenters. The minimum Gasteiger partial charge on any atom is -0.365 e. The van der Waals surface area contributed by atoms with Crippen molar-refractivity contribution in [2.75, 3.05) is 23.8 Å². The normalized spacial score (nSPS) is 13.9. The quantitative estimate of drug-likeness (QED) is 0.884. The Morgan fingerprint density at radius 3 is 2.71 bits per heavy atom. The minimum atomic E-state index is -0.173. The highest BCUT2D eigenvalue weighted by Crippen LogP contribution is 2.22. The number of aromatic nitrogens is 1. The lowest BCUT2D eigenvalue weighted by Crippen LogP contribution is -2.23. The third kappa shape index (κ3) is 3.37. The van der Waals surface area contributed by atoms with Crippen molar-refractivity contribution in [1.82, 2.24) is 10.3 Å². The smallest absolute Gasteiger partial charge is 0.254 e. The highest BCUT2D eigenvalue weighted by Gasteiger charge is 2.21. The molecule has 1 fully saturated rings. The number of nitrogens with one attached hydrogen (secondary N) is 2. The van der Waals surface area contributed by atoms with E-state index >= 15 is 0 Å². The van der Waals surface area contributed by atoms with Crippen LogP contribution in [0.5, 0.6) is 0 Å². The van der Waals surface area contributed by atoms with Gasteiger partial charge in [-0.3, -0.25) is 9.59 Å². The fourth-order valence-electron chi connectivity index (χ4n) is 2.76. The van der Waals surface area contributed by atoms with Crippen LogP contribution in [-0.2, 0) is 11.3 Å². The highest BCUT2D eigenvalue weighted by atomic mass is 16.2. The van der Waals surface area contributed by atoms with Gasteiger partial charge in [0.1, 0.15) is 5.82 Å². The van der Waals surface area contributed by atoms with Crippen LogP contribution in [-0.4, -0.2) is 30.4 Å². The number of benzene rings is 1. The van der Waals surface area contributed by atoms with Crippen molar-refractivity contribution in [1.29, 1.82) is 0 Å². The van der Waals surface area contributed by atoms with E-state index in [1.165, 1.54) is 0 Å². The summed E-state index contributed by atoms with van der Waals surface area (Å²) in [6.45, 7) is 1.34. The topological polar surface area (TPSA) is 74.3 Å². The molecular formula is C18H20N4O2. The van der Waals surface area contributed by atoms with Crippen molar-refractivity contribution in [2.24, 2.45) is 0 Å². The molecule has 1 aliphatic rings. The van der Waals surface area contributed by atoms with Crippen LogP contribution >= 0.6 is 0 Å². The van der Waals surface area contributed by atoms with Gasteiger partial charge in [0.05, 0.1) is 5.56 Å². The zero-order chi connectivity index (χ0) is 16.9. The van der Waals surface area contributed by atoms with Gasteiger partial charge in [-0.05, 0) is 36.2 Å². The second-order valence-corrected chi connectivity index (χ2v) is 5.65. The first-order valence-electron chi connectivity index (χ1n) is 7.99. The molecule has 6 heteroatoms. The monoisotopic (exact) mass is 324 g/mol. The first-order chi connectivity index (χ1) is 11.7. The Morgan fingerprint density at radius 1 is 1.25 bits per heavy atom. The van der Waals surface area contributed by atoms with Crippen molar-refractivity contribution in [3.63, 3.8) is 0 Å². The van der Waals surface area contributed by atoms with Gasteiger partial charge in [0.2, 0.25) is 5.91 Å². The van der Waals surface area contributed by atoms with Crippen LogP contribution in [0.2, 0.25) is 0 Å². The van der Waals surface area contributed by atoms with Gasteiger partial charge in [-0.2, -0.15) is 0 Å². The minimum absolute atomic E-state index is 0.173. The summed E-state index contributed by atoms with van der Waals surface area (Å²) in [5.41, 5.74) is 2.50. The highest BCUT2D eigenvalue weighted by molar-refractivity contribution is 5.98. The van der Waals surface area contributed by atoms with Gasteiger partial charge >= 0.3 is 0 Å². The van der Waals surface area contributed by atoms with Gasteiger partial charge in [0, 0.05) is 38.4 Å². The lowest BCUT2D eigenvalue weighted by molar-refractivity contribution is -0.117. The van der Waals surface area contributed by atoms with E-state index in [-0.39, 0.29) is 11.8 Å². The number of anilines is 2. The summed E-state index contributed by atoms with van der Waals surface area (Å²) in [4.78, 5) is 29.7. The molecule has 24 heavy (non-hydrogen) atoms. The maximum absolute atomic E-state index is 11.8. The molecule has 124 valence electrons. The summed E-state index contributed by atoms with van der Waals surface area (Å²) < 4.78 is 0. The van der Waals surface area contributed by atoms with Crippen molar-refractivity contribution in [3.8, 4) is 0 Å². The Hall–Kier alpha value is -2.89. The van der Waals surface area contributed by atoms with E-state index < -0.39 is 0 Å². The lowest BCUT2D eigenvalue weighted by atomic mass is 10.2. The van der Waals surface area contributed by atoms with Crippen LogP contribution in [0.1, 0.15) is 28.8 Å². The van der Waals surface area contributed by atoms with Crippen LogP contribution in [0.15, 0.2) is 42.6 Å². The number of nitrogens with zero attached hydrogens (tertiary/aromatic N) is 2. The van der Waals surface area contributed by atoms with Crippen molar-refractivity contribution in [3.05, 3.63) is 53.7 Å². The predicted molar refractivity (Wildman–Crippen MR) is 93.0 cm³/mol. The summed E-state index contributed by atoms with van der Waals surface area (Å²) in [5, 5.41) is 5.80. The van der Waals surface area contributed by atoms with Crippen LogP contribution in [0.25, 0.3) is 0 Å². The van der Waals surface area contributed by atoms with Crippen LogP contribution in [0, 0.1) is 0 Å². The summed E-state index contributed by atoms with van der Waals surface area (Å²) in [6.07, 6.45) is 3.20. The fourth-order valence-corrected chi connectivity index (χ4v) is 2.76. The van der Waals surface area contributed by atoms with E-state index in [4.69, 9.17) is 0 Å². The largest absolute Gasteiger partial charge is 0.365 e. The van der Waals surface area contributed by atoms with Crippen molar-refractivity contribution >= 4 is 23.3 Å². The van der Waals surface area contributed by atoms with Crippen molar-refractivity contribution in [2.45, 2.75) is 19.4 Å². The molecule has 0 radical (unpaired) electrons. The molecule has 2 heterocycles. The molecule has 1 saturated heterocycles. The van der Waals surface area contributed by atoms with E-state index in [0.717, 1.165) is 24.2 Å². The predicted octanol–water partition coefficient (Wildman–Crippen LogP) is 2.18. The SMILES string of the molecule is CNC(=O)c1cccnc1NCc1ccc(N2CCCC2=O)cc1. The molecule has 2 aromatic rings. The number of hydrogen-bond donors (Lipinski definition) is 2. The zero-order valence-corrected chi connectivity index (χ0v) is 13.6. The molecule has 0 aliphatic carbocycles. The van der Waals surface area contributed by atoms with Gasteiger partial charge < -0.3 is 15.5 Å². The Labute approximate surface area is 140 Å². The van der Waals surface area contributed by atoms with E-state index in [0.29, 0.717) is 24.3 Å². The van der Waals surface area contributed by atoms with Crippen molar-refractivity contribution < 1.29 is 9.59 Å². The average Bonchev–Trinajstić information content (AvgIpc) is 3.06. The molecule has 0 spiro atoms. The summed E-state index contributed by atoms with van der Waals surface area (Å²) in [6, 6.07) is 11.3. The van der Waals surface area contributed by atoms with Crippen LogP contribution < -0.4 is 15.5 Å². The number of carbonyl (C=O) groups is 2. The molecule has 1 aromatic carbocycles. The first kappa shape index (κ1) is 16.0. The second-order valence-electron chi connectivity index (χ2n) is 5.65. The molecule has 0 saturated carbocycles. The van der Waals surface area contributed by atoms with E-state index in [9.17, 15) is 9.59 Å². The van der Waals surface area contributed by atoms with Crippen LogP contribution in [0.3, 0.4) is 0 Å². The summed E-state index contributed by atoms with van der Waals surface area (Å²) in [5.74, 6) is 0.564. The molecule has 0 unspecified atom stereocenters. The van der Waals surface area contributed by atoms with E-state index in [1.807, 2.05) is 29.2 Å². The van der Waals surface area contributed by atoms with Gasteiger partial charge in [-0.1, -0.05) is 12.1 Å². The molecule has 1 aliphatic heterocycles. The molecule has 6 nitrogen and oxygen atoms in total. The van der Waals surface area contributed by atoms with Gasteiger partial charge in [-0.25, -0.2) is 4.98 Å². The number of pyridine rings is 1. The maximum atomic E-state index is 11.8. The lowest BCUT2D eigenvalue weighted by Gasteiger charge is -2.16. The second kappa shape index (κ2) is 7.12. The number of hydrogen-bond acceptors (Lipinski definition) is 4. The third-order valence-corrected chi connectivity index (χ3v) is 4.06. The summed E-state index contributed by atoms with van der Waals surface area (Å²) in [7, 11) is 1.59. The molecule has 1 aromatic heterocycles. The van der Waals surface area contributed by atoms with Crippen LogP contribution in [0.4, 0.5) is 11.5 Å². The molecule has 3 rings (SSSR count). The maximum Gasteiger partial charge on any atom is 0.254 e. The molecule has 0 bridgehead atoms. The Morgan fingerprint density at radius 2 is 2.04 bits per heavy atom. The standard InChI is InChI=1S/C18H20N4O2/c1-19-18(24)15-4-2-10-20-17(15)21-12-13-6-8-14(9-7-13)22-11-3-5-16(22)23/h2,4,6-10H,3,5,11-12H2,1H3,(H,19,24)(H,20,21). The van der Waals surface area contributed by atoms with E-state index in [2.05, 4.69) is 15.6 Å². The zero-order valence-electron chi connectivity index (χ0n) is 13.6. The molecule has 2 amide bonds. The Balaban J connectivity index is 1.67. The van der Waals surface area contributed by atoms with E-state index in [1.54, 1.807) is 25.4 Å². The van der Waals surface area contributed by atoms with Gasteiger partial charge in [0.25, 0.3) is 5.91 Å². The molecule has 2 N–H and O–H groups in total. The third-order valence-electron chi connectivity index (χ3n) is 4.06. The Kier molecular flexibility index (Phi) is 4.74. The average molecular weight is 324 g/mol. The first-order valence-corrected chi connectivity index (χ1v) is 7.99. The number of amides is 2. The number of rotatable bonds is 5.